The Morgan fingerprint density at radius 3 is 2.89 bits per heavy atom. The number of carbonyl (C=O) groups excluding carboxylic acids is 1. The maximum absolute atomic E-state index is 11.1. The number of anilines is 1. The van der Waals surface area contributed by atoms with Gasteiger partial charge in [-0.05, 0) is 29.8 Å². The number of aromatic nitrogens is 1. The predicted molar refractivity (Wildman–Crippen MR) is 71.5 cm³/mol. The van der Waals surface area contributed by atoms with Gasteiger partial charge in [-0.15, -0.1) is 0 Å². The van der Waals surface area contributed by atoms with E-state index in [4.69, 9.17) is 17.3 Å². The number of hydrogen-bond acceptors (Lipinski definition) is 3. The van der Waals surface area contributed by atoms with Crippen molar-refractivity contribution in [3.8, 4) is 0 Å². The molecule has 0 atom stereocenters. The van der Waals surface area contributed by atoms with Crippen LogP contribution in [0.5, 0.6) is 0 Å². The van der Waals surface area contributed by atoms with Crippen LogP contribution in [-0.2, 0) is 6.54 Å². The van der Waals surface area contributed by atoms with Crippen LogP contribution in [0.3, 0.4) is 0 Å². The molecule has 1 amide bonds. The first-order valence-electron chi connectivity index (χ1n) is 5.40. The quantitative estimate of drug-likeness (QED) is 0.831. The first-order chi connectivity index (χ1) is 8.66. The van der Waals surface area contributed by atoms with Crippen LogP contribution < -0.4 is 11.1 Å². The number of nitrogens with zero attached hydrogens (tertiary/aromatic N) is 1. The summed E-state index contributed by atoms with van der Waals surface area (Å²) < 4.78 is 0. The van der Waals surface area contributed by atoms with Crippen LogP contribution in [0, 0.1) is 0 Å². The fourth-order valence-electron chi connectivity index (χ4n) is 1.55. The number of carbonyl (C=O) groups is 1. The number of rotatable bonds is 4. The Hall–Kier alpha value is -2.07. The summed E-state index contributed by atoms with van der Waals surface area (Å²) in [6.07, 6.45) is 1.63. The molecule has 1 aromatic heterocycles. The van der Waals surface area contributed by atoms with Crippen molar-refractivity contribution in [3.05, 3.63) is 58.9 Å². The van der Waals surface area contributed by atoms with Crippen LogP contribution in [0.4, 0.5) is 5.69 Å². The molecule has 0 unspecified atom stereocenters. The Bertz CT molecular complexity index is 572. The molecule has 1 heterocycles. The third-order valence-corrected chi connectivity index (χ3v) is 2.75. The van der Waals surface area contributed by atoms with Gasteiger partial charge in [0.25, 0.3) is 0 Å². The van der Waals surface area contributed by atoms with E-state index in [2.05, 4.69) is 10.3 Å². The highest BCUT2D eigenvalue weighted by atomic mass is 35.5. The minimum Gasteiger partial charge on any atom is -0.378 e. The smallest absolute Gasteiger partial charge is 0.248 e. The molecule has 0 saturated heterocycles. The number of amides is 1. The van der Waals surface area contributed by atoms with Crippen LogP contribution in [0.1, 0.15) is 15.9 Å². The Kier molecular flexibility index (Phi) is 3.79. The minimum atomic E-state index is -0.434. The topological polar surface area (TPSA) is 68.0 Å². The van der Waals surface area contributed by atoms with E-state index in [9.17, 15) is 4.79 Å². The Morgan fingerprint density at radius 1 is 1.33 bits per heavy atom. The number of nitrogens with one attached hydrogen (secondary N) is 1. The third kappa shape index (κ3) is 2.99. The average Bonchev–Trinajstić information content (AvgIpc) is 2.38. The lowest BCUT2D eigenvalue weighted by molar-refractivity contribution is 0.1000. The van der Waals surface area contributed by atoms with E-state index < -0.39 is 5.91 Å². The van der Waals surface area contributed by atoms with Crippen LogP contribution in [0.15, 0.2) is 42.6 Å². The van der Waals surface area contributed by atoms with E-state index in [-0.39, 0.29) is 0 Å². The molecule has 5 heteroatoms. The Morgan fingerprint density at radius 2 is 2.17 bits per heavy atom. The van der Waals surface area contributed by atoms with E-state index in [1.165, 1.54) is 0 Å². The van der Waals surface area contributed by atoms with E-state index >= 15 is 0 Å². The predicted octanol–water partition coefficient (Wildman–Crippen LogP) is 2.45. The molecule has 0 fully saturated rings. The normalized spacial score (nSPS) is 10.1. The number of hydrogen-bond donors (Lipinski definition) is 2. The van der Waals surface area contributed by atoms with Gasteiger partial charge in [0.1, 0.15) is 0 Å². The van der Waals surface area contributed by atoms with Gasteiger partial charge in [0.15, 0.2) is 5.15 Å². The number of pyridine rings is 1. The van der Waals surface area contributed by atoms with E-state index in [0.29, 0.717) is 17.3 Å². The highest BCUT2D eigenvalue weighted by Gasteiger charge is 2.03. The van der Waals surface area contributed by atoms with Crippen LogP contribution >= 0.6 is 11.6 Å². The zero-order valence-corrected chi connectivity index (χ0v) is 10.3. The molecule has 0 saturated carbocycles. The van der Waals surface area contributed by atoms with E-state index in [1.54, 1.807) is 30.5 Å². The number of nitrogens with two attached hydrogens (primary N) is 1. The van der Waals surface area contributed by atoms with Crippen molar-refractivity contribution in [2.45, 2.75) is 6.54 Å². The Labute approximate surface area is 110 Å². The average molecular weight is 262 g/mol. The molecule has 0 bridgehead atoms. The summed E-state index contributed by atoms with van der Waals surface area (Å²) >= 11 is 5.92. The van der Waals surface area contributed by atoms with Crippen molar-refractivity contribution in [1.82, 2.24) is 4.98 Å². The van der Waals surface area contributed by atoms with Crippen molar-refractivity contribution >= 4 is 23.2 Å². The number of primary amides is 1. The molecule has 2 aromatic rings. The van der Waals surface area contributed by atoms with Gasteiger partial charge in [-0.3, -0.25) is 4.79 Å². The maximum atomic E-state index is 11.1. The summed E-state index contributed by atoms with van der Waals surface area (Å²) in [5, 5.41) is 3.57. The molecule has 0 spiro atoms. The fraction of sp³-hybridized carbons (Fsp3) is 0.0769. The van der Waals surface area contributed by atoms with Crippen molar-refractivity contribution in [1.29, 1.82) is 0 Å². The van der Waals surface area contributed by atoms with Crippen LogP contribution in [0.2, 0.25) is 5.15 Å². The van der Waals surface area contributed by atoms with E-state index in [1.807, 2.05) is 12.1 Å². The van der Waals surface area contributed by atoms with Crippen molar-refractivity contribution in [2.24, 2.45) is 5.73 Å². The van der Waals surface area contributed by atoms with Gasteiger partial charge < -0.3 is 11.1 Å². The molecule has 0 aliphatic heterocycles. The largest absolute Gasteiger partial charge is 0.378 e. The standard InChI is InChI=1S/C13H12ClN3O/c14-12-11(5-2-6-16-12)17-8-9-3-1-4-10(7-9)13(15)18/h1-7,17H,8H2,(H2,15,18). The molecule has 1 aromatic carbocycles. The van der Waals surface area contributed by atoms with Crippen LogP contribution in [-0.4, -0.2) is 10.9 Å². The molecule has 0 radical (unpaired) electrons. The molecule has 4 nitrogen and oxygen atoms in total. The van der Waals surface area contributed by atoms with E-state index in [0.717, 1.165) is 11.3 Å². The molecule has 2 rings (SSSR count). The molecule has 92 valence electrons. The van der Waals surface area contributed by atoms with Gasteiger partial charge in [0.05, 0.1) is 5.69 Å². The zero-order valence-electron chi connectivity index (χ0n) is 9.56. The fourth-order valence-corrected chi connectivity index (χ4v) is 1.74. The van der Waals surface area contributed by atoms with Gasteiger partial charge in [0.2, 0.25) is 5.91 Å². The maximum Gasteiger partial charge on any atom is 0.248 e. The molecule has 0 aliphatic carbocycles. The lowest BCUT2D eigenvalue weighted by atomic mass is 10.1. The number of benzene rings is 1. The zero-order chi connectivity index (χ0) is 13.0. The lowest BCUT2D eigenvalue weighted by Crippen LogP contribution is -2.11. The highest BCUT2D eigenvalue weighted by molar-refractivity contribution is 6.31. The molecule has 3 N–H and O–H groups in total. The van der Waals surface area contributed by atoms with Crippen LogP contribution in [0.25, 0.3) is 0 Å². The van der Waals surface area contributed by atoms with Gasteiger partial charge in [-0.2, -0.15) is 0 Å². The first kappa shape index (κ1) is 12.4. The molecule has 0 aliphatic rings. The highest BCUT2D eigenvalue weighted by Crippen LogP contribution is 2.18. The number of halogens is 1. The minimum absolute atomic E-state index is 0.420. The van der Waals surface area contributed by atoms with Gasteiger partial charge >= 0.3 is 0 Å². The Balaban J connectivity index is 2.09. The van der Waals surface area contributed by atoms with Gasteiger partial charge in [0, 0.05) is 18.3 Å². The summed E-state index contributed by atoms with van der Waals surface area (Å²) in [6.45, 7) is 0.548. The summed E-state index contributed by atoms with van der Waals surface area (Å²) in [6, 6.07) is 10.8. The van der Waals surface area contributed by atoms with Crippen molar-refractivity contribution < 1.29 is 4.79 Å². The second kappa shape index (κ2) is 5.51. The van der Waals surface area contributed by atoms with Gasteiger partial charge in [-0.1, -0.05) is 23.7 Å². The van der Waals surface area contributed by atoms with Crippen molar-refractivity contribution in [3.63, 3.8) is 0 Å². The molecular formula is C13H12ClN3O. The monoisotopic (exact) mass is 261 g/mol. The summed E-state index contributed by atoms with van der Waals surface area (Å²) in [5.74, 6) is -0.434. The molecule has 18 heavy (non-hydrogen) atoms. The summed E-state index contributed by atoms with van der Waals surface area (Å²) in [4.78, 5) is 15.0. The summed E-state index contributed by atoms with van der Waals surface area (Å²) in [5.41, 5.74) is 7.42. The summed E-state index contributed by atoms with van der Waals surface area (Å²) in [7, 11) is 0. The lowest BCUT2D eigenvalue weighted by Gasteiger charge is -2.08. The van der Waals surface area contributed by atoms with Gasteiger partial charge in [-0.25, -0.2) is 4.98 Å². The second-order valence-electron chi connectivity index (χ2n) is 3.76. The second-order valence-corrected chi connectivity index (χ2v) is 4.12. The third-order valence-electron chi connectivity index (χ3n) is 2.45. The SMILES string of the molecule is NC(=O)c1cccc(CNc2cccnc2Cl)c1. The molecular weight excluding hydrogens is 250 g/mol. The van der Waals surface area contributed by atoms with Crippen molar-refractivity contribution in [2.75, 3.05) is 5.32 Å². The first-order valence-corrected chi connectivity index (χ1v) is 5.78.